The summed E-state index contributed by atoms with van der Waals surface area (Å²) in [5.74, 6) is -1.37. The number of piperidine rings is 2. The summed E-state index contributed by atoms with van der Waals surface area (Å²) in [4.78, 5) is 35.1. The van der Waals surface area contributed by atoms with E-state index >= 15 is 0 Å². The smallest absolute Gasteiger partial charge is 0.346 e. The number of anilines is 2. The quantitative estimate of drug-likeness (QED) is 0.324. The highest BCUT2D eigenvalue weighted by molar-refractivity contribution is 5.79. The molecule has 2 aliphatic carbocycles. The van der Waals surface area contributed by atoms with Crippen LogP contribution in [-0.2, 0) is 4.79 Å². The molecule has 1 aromatic heterocycles. The molecule has 7 rings (SSSR count). The van der Waals surface area contributed by atoms with Gasteiger partial charge in [-0.3, -0.25) is 14.7 Å². The number of nitrogens with zero attached hydrogens (tertiary/aromatic N) is 3. The van der Waals surface area contributed by atoms with Crippen molar-refractivity contribution in [1.82, 2.24) is 25.1 Å². The molecule has 2 saturated carbocycles. The van der Waals surface area contributed by atoms with Crippen LogP contribution in [0.5, 0.6) is 11.5 Å². The first kappa shape index (κ1) is 30.9. The molecule has 1 amide bonds. The van der Waals surface area contributed by atoms with Crippen LogP contribution < -0.4 is 26.8 Å². The Balaban J connectivity index is 0.000000433. The van der Waals surface area contributed by atoms with Gasteiger partial charge in [0.25, 0.3) is 5.92 Å². The first-order valence-electron chi connectivity index (χ1n) is 16.3. The lowest BCUT2D eigenvalue weighted by molar-refractivity contribution is -0.136. The number of aromatic amines is 1. The maximum Gasteiger partial charge on any atom is 0.346 e. The molecule has 2 saturated heterocycles. The van der Waals surface area contributed by atoms with E-state index < -0.39 is 17.5 Å². The number of nitrogens with two attached hydrogens (primary N) is 1. The summed E-state index contributed by atoms with van der Waals surface area (Å²) in [6, 6.07) is 6.62. The molecule has 0 radical (unpaired) electrons. The lowest BCUT2D eigenvalue weighted by Gasteiger charge is -2.38. The second-order valence-electron chi connectivity index (χ2n) is 13.0. The van der Waals surface area contributed by atoms with Crippen LogP contribution in [0.2, 0.25) is 0 Å². The molecule has 5 N–H and O–H groups in total. The lowest BCUT2D eigenvalue weighted by Crippen LogP contribution is -2.51. The number of hydrogen-bond donors (Lipinski definition) is 4. The van der Waals surface area contributed by atoms with Gasteiger partial charge in [0.15, 0.2) is 17.3 Å². The number of carbonyl (C=O) groups is 1. The van der Waals surface area contributed by atoms with Gasteiger partial charge in [-0.2, -0.15) is 4.98 Å². The summed E-state index contributed by atoms with van der Waals surface area (Å²) >= 11 is 0. The number of amides is 1. The normalized spacial score (nSPS) is 23.7. The molecule has 0 spiro atoms. The Kier molecular flexibility index (Phi) is 9.48. The zero-order valence-electron chi connectivity index (χ0n) is 25.3. The SMILES string of the molecule is NC1CCCCC1.O=C(CN1CCC(c2ccc3c(c2)Nc2[nH]c(=O)ncc2O3)CC1)N(CC1CC1(F)F)C1CCNCC1. The fourth-order valence-electron chi connectivity index (χ4n) is 6.91. The zero-order valence-corrected chi connectivity index (χ0v) is 25.3. The molecule has 1 aromatic carbocycles. The Morgan fingerprint density at radius 1 is 1.07 bits per heavy atom. The Hall–Kier alpha value is -3.09. The first-order chi connectivity index (χ1) is 21.2. The number of H-pyrrole nitrogens is 1. The minimum absolute atomic E-state index is 0.0228. The first-order valence-corrected chi connectivity index (χ1v) is 16.3. The van der Waals surface area contributed by atoms with Crippen LogP contribution in [-0.4, -0.2) is 82.9 Å². The predicted octanol–water partition coefficient (Wildman–Crippen LogP) is 4.31. The summed E-state index contributed by atoms with van der Waals surface area (Å²) in [6.07, 6.45) is 11.4. The van der Waals surface area contributed by atoms with Crippen LogP contribution in [0.15, 0.2) is 29.2 Å². The van der Waals surface area contributed by atoms with E-state index in [0.29, 0.717) is 29.3 Å². The van der Waals surface area contributed by atoms with Gasteiger partial charge in [-0.25, -0.2) is 13.6 Å². The number of carbonyl (C=O) groups excluding carboxylic acids is 1. The molecule has 1 unspecified atom stereocenters. The maximum absolute atomic E-state index is 13.7. The fourth-order valence-corrected chi connectivity index (χ4v) is 6.91. The largest absolute Gasteiger partial charge is 0.450 e. The third-order valence-corrected chi connectivity index (χ3v) is 9.77. The average Bonchev–Trinajstić information content (AvgIpc) is 3.65. The van der Waals surface area contributed by atoms with E-state index in [4.69, 9.17) is 10.5 Å². The van der Waals surface area contributed by atoms with Gasteiger partial charge in [-0.1, -0.05) is 25.3 Å². The molecule has 1 atom stereocenters. The van der Waals surface area contributed by atoms with Crippen molar-refractivity contribution in [3.8, 4) is 11.5 Å². The highest BCUT2D eigenvalue weighted by atomic mass is 19.3. The third-order valence-electron chi connectivity index (χ3n) is 9.77. The highest BCUT2D eigenvalue weighted by Crippen LogP contribution is 2.49. The highest BCUT2D eigenvalue weighted by Gasteiger charge is 2.57. The van der Waals surface area contributed by atoms with Crippen molar-refractivity contribution in [3.05, 3.63) is 40.4 Å². The van der Waals surface area contributed by atoms with Gasteiger partial charge in [-0.15, -0.1) is 0 Å². The molecule has 2 aromatic rings. The number of fused-ring (bicyclic) bond motifs is 2. The Morgan fingerprint density at radius 3 is 2.45 bits per heavy atom. The fraction of sp³-hybridized carbons (Fsp3) is 0.656. The van der Waals surface area contributed by atoms with Crippen molar-refractivity contribution < 1.29 is 18.3 Å². The number of nitrogens with one attached hydrogen (secondary N) is 3. The summed E-state index contributed by atoms with van der Waals surface area (Å²) in [5, 5.41) is 6.52. The molecular weight excluding hydrogens is 568 g/mol. The molecule has 240 valence electrons. The Bertz CT molecular complexity index is 1350. The predicted molar refractivity (Wildman–Crippen MR) is 165 cm³/mol. The van der Waals surface area contributed by atoms with Crippen LogP contribution in [0.25, 0.3) is 0 Å². The number of halogens is 2. The van der Waals surface area contributed by atoms with E-state index in [-0.39, 0.29) is 31.5 Å². The third kappa shape index (κ3) is 7.58. The van der Waals surface area contributed by atoms with E-state index in [1.807, 2.05) is 6.07 Å². The van der Waals surface area contributed by atoms with Crippen LogP contribution in [0.1, 0.15) is 75.7 Å². The van der Waals surface area contributed by atoms with Gasteiger partial charge in [0.2, 0.25) is 5.91 Å². The topological polar surface area (TPSA) is 129 Å². The Labute approximate surface area is 257 Å². The number of benzene rings is 1. The van der Waals surface area contributed by atoms with Gasteiger partial charge in [0.1, 0.15) is 0 Å². The molecule has 44 heavy (non-hydrogen) atoms. The van der Waals surface area contributed by atoms with Crippen LogP contribution in [0.4, 0.5) is 20.3 Å². The van der Waals surface area contributed by atoms with E-state index in [0.717, 1.165) is 57.5 Å². The molecule has 3 aliphatic heterocycles. The van der Waals surface area contributed by atoms with Crippen molar-refractivity contribution >= 4 is 17.4 Å². The Morgan fingerprint density at radius 2 is 1.80 bits per heavy atom. The van der Waals surface area contributed by atoms with Crippen molar-refractivity contribution in [2.24, 2.45) is 11.7 Å². The number of aromatic nitrogens is 2. The molecule has 0 bridgehead atoms. The molecule has 4 fully saturated rings. The van der Waals surface area contributed by atoms with Crippen molar-refractivity contribution in [2.75, 3.05) is 44.6 Å². The van der Waals surface area contributed by atoms with Gasteiger partial charge in [0.05, 0.1) is 18.4 Å². The average molecular weight is 614 g/mol. The molecule has 4 heterocycles. The summed E-state index contributed by atoms with van der Waals surface area (Å²) in [5.41, 5.74) is 7.16. The number of ether oxygens (including phenoxy) is 1. The number of likely N-dealkylation sites (tertiary alicyclic amines) is 1. The van der Waals surface area contributed by atoms with Crippen molar-refractivity contribution in [2.45, 2.75) is 88.1 Å². The van der Waals surface area contributed by atoms with Crippen LogP contribution in [0, 0.1) is 5.92 Å². The molecule has 5 aliphatic rings. The van der Waals surface area contributed by atoms with Crippen LogP contribution >= 0.6 is 0 Å². The number of alkyl halides is 2. The van der Waals surface area contributed by atoms with Gasteiger partial charge in [-0.05, 0) is 88.3 Å². The van der Waals surface area contributed by atoms with Crippen LogP contribution in [0.3, 0.4) is 0 Å². The van der Waals surface area contributed by atoms with Gasteiger partial charge >= 0.3 is 5.69 Å². The second kappa shape index (κ2) is 13.5. The molecule has 10 nitrogen and oxygen atoms in total. The minimum atomic E-state index is -2.62. The molecule has 12 heteroatoms. The van der Waals surface area contributed by atoms with Gasteiger partial charge < -0.3 is 26.0 Å². The zero-order chi connectivity index (χ0) is 30.7. The van der Waals surface area contributed by atoms with Gasteiger partial charge in [0, 0.05) is 31.0 Å². The van der Waals surface area contributed by atoms with Crippen molar-refractivity contribution in [3.63, 3.8) is 0 Å². The van der Waals surface area contributed by atoms with Crippen molar-refractivity contribution in [1.29, 1.82) is 0 Å². The summed E-state index contributed by atoms with van der Waals surface area (Å²) in [7, 11) is 0. The van der Waals surface area contributed by atoms with E-state index in [1.165, 1.54) is 43.9 Å². The second-order valence-corrected chi connectivity index (χ2v) is 13.0. The minimum Gasteiger partial charge on any atom is -0.450 e. The standard InChI is InChI=1S/C26H32F2N6O3.C6H13N/c27-26(28)12-18(26)14-34(19-3-7-29-8-4-19)23(35)15-33-9-5-16(6-10-33)17-1-2-21-20(11-17)31-24-22(37-21)13-30-25(36)32-24;7-6-4-2-1-3-5-6/h1-2,11,13,16,18-19,29H,3-10,12,14-15H2,(H2,30,31,32,36);6H,1-5,7H2. The summed E-state index contributed by atoms with van der Waals surface area (Å²) in [6.45, 7) is 3.65. The lowest BCUT2D eigenvalue weighted by atomic mass is 9.89. The number of hydrogen-bond acceptors (Lipinski definition) is 8. The van der Waals surface area contributed by atoms with E-state index in [1.54, 1.807) is 4.90 Å². The summed E-state index contributed by atoms with van der Waals surface area (Å²) < 4.78 is 33.2. The van der Waals surface area contributed by atoms with E-state index in [9.17, 15) is 18.4 Å². The number of rotatable bonds is 6. The van der Waals surface area contributed by atoms with E-state index in [2.05, 4.69) is 37.6 Å². The molecular formula is C32H45F2N7O3. The maximum atomic E-state index is 13.7. The monoisotopic (exact) mass is 613 g/mol.